The highest BCUT2D eigenvalue weighted by molar-refractivity contribution is 5.80. The molecule has 1 atom stereocenters. The van der Waals surface area contributed by atoms with Crippen molar-refractivity contribution in [3.63, 3.8) is 0 Å². The van der Waals surface area contributed by atoms with Gasteiger partial charge in [-0.15, -0.1) is 0 Å². The number of rotatable bonds is 8. The molecule has 31 heavy (non-hydrogen) atoms. The molecule has 1 aromatic heterocycles. The average molecular weight is 417 g/mol. The molecular weight excluding hydrogens is 388 g/mol. The van der Waals surface area contributed by atoms with E-state index in [1.807, 2.05) is 60.7 Å². The highest BCUT2D eigenvalue weighted by Gasteiger charge is 2.31. The van der Waals surface area contributed by atoms with Crippen molar-refractivity contribution in [3.8, 4) is 5.75 Å². The molecule has 0 bridgehead atoms. The molecule has 2 heterocycles. The maximum atomic E-state index is 12.3. The molecule has 0 spiro atoms. The van der Waals surface area contributed by atoms with Crippen LogP contribution in [0, 0.1) is 0 Å². The van der Waals surface area contributed by atoms with E-state index in [1.165, 1.54) is 5.56 Å². The highest BCUT2D eigenvalue weighted by atomic mass is 16.5. The SMILES string of the molecule is NC(=O)[C@@H]1CN(Cc2ccccc2)CCN1Cc1ccccc1OCc1ccccn1. The Bertz CT molecular complexity index is 981. The Morgan fingerprint density at radius 2 is 1.74 bits per heavy atom. The largest absolute Gasteiger partial charge is 0.487 e. The minimum Gasteiger partial charge on any atom is -0.487 e. The topological polar surface area (TPSA) is 71.7 Å². The molecule has 4 rings (SSSR count). The molecule has 1 aliphatic heterocycles. The van der Waals surface area contributed by atoms with E-state index >= 15 is 0 Å². The molecule has 6 heteroatoms. The summed E-state index contributed by atoms with van der Waals surface area (Å²) in [7, 11) is 0. The van der Waals surface area contributed by atoms with Crippen LogP contribution in [0.2, 0.25) is 0 Å². The number of nitrogens with two attached hydrogens (primary N) is 1. The summed E-state index contributed by atoms with van der Waals surface area (Å²) < 4.78 is 6.04. The lowest BCUT2D eigenvalue weighted by Gasteiger charge is -2.40. The maximum absolute atomic E-state index is 12.3. The number of amides is 1. The molecule has 2 aromatic carbocycles. The minimum atomic E-state index is -0.332. The standard InChI is InChI=1S/C25H28N4O2/c26-25(30)23-18-28(16-20-8-2-1-3-9-20)14-15-29(23)17-21-10-4-5-12-24(21)31-19-22-11-6-7-13-27-22/h1-13,23H,14-19H2,(H2,26,30)/t23-/m0/s1. The normalized spacial score (nSPS) is 17.4. The van der Waals surface area contributed by atoms with Gasteiger partial charge in [0.05, 0.1) is 5.69 Å². The molecule has 1 amide bonds. The second kappa shape index (κ2) is 10.2. The number of aromatic nitrogens is 1. The zero-order chi connectivity index (χ0) is 21.5. The van der Waals surface area contributed by atoms with Gasteiger partial charge in [0.15, 0.2) is 0 Å². The Balaban J connectivity index is 1.42. The van der Waals surface area contributed by atoms with Crippen LogP contribution in [0.1, 0.15) is 16.8 Å². The van der Waals surface area contributed by atoms with Crippen LogP contribution in [-0.4, -0.2) is 46.4 Å². The van der Waals surface area contributed by atoms with Gasteiger partial charge in [0.2, 0.25) is 5.91 Å². The van der Waals surface area contributed by atoms with Crippen molar-refractivity contribution in [2.24, 2.45) is 5.73 Å². The van der Waals surface area contributed by atoms with Crippen LogP contribution in [0.15, 0.2) is 79.0 Å². The lowest BCUT2D eigenvalue weighted by Crippen LogP contribution is -2.57. The third kappa shape index (κ3) is 5.69. The van der Waals surface area contributed by atoms with Gasteiger partial charge in [0.1, 0.15) is 18.4 Å². The van der Waals surface area contributed by atoms with Gasteiger partial charge < -0.3 is 10.5 Å². The van der Waals surface area contributed by atoms with Crippen molar-refractivity contribution in [2.45, 2.75) is 25.7 Å². The number of carbonyl (C=O) groups excluding carboxylic acids is 1. The van der Waals surface area contributed by atoms with E-state index in [9.17, 15) is 4.79 Å². The molecule has 1 fully saturated rings. The maximum Gasteiger partial charge on any atom is 0.236 e. The van der Waals surface area contributed by atoms with Gasteiger partial charge in [0, 0.05) is 44.5 Å². The fourth-order valence-electron chi connectivity index (χ4n) is 3.95. The number of para-hydroxylation sites is 1. The number of hydrogen-bond donors (Lipinski definition) is 1. The van der Waals surface area contributed by atoms with E-state index in [4.69, 9.17) is 10.5 Å². The zero-order valence-electron chi connectivity index (χ0n) is 17.6. The molecule has 6 nitrogen and oxygen atoms in total. The van der Waals surface area contributed by atoms with E-state index in [1.54, 1.807) is 6.20 Å². The summed E-state index contributed by atoms with van der Waals surface area (Å²) >= 11 is 0. The van der Waals surface area contributed by atoms with Gasteiger partial charge in [-0.2, -0.15) is 0 Å². The summed E-state index contributed by atoms with van der Waals surface area (Å²) in [6, 6.07) is 23.7. The number of benzene rings is 2. The van der Waals surface area contributed by atoms with Crippen LogP contribution in [-0.2, 0) is 24.5 Å². The Kier molecular flexibility index (Phi) is 6.92. The summed E-state index contributed by atoms with van der Waals surface area (Å²) in [5.41, 5.74) is 8.96. The van der Waals surface area contributed by atoms with Gasteiger partial charge in [-0.1, -0.05) is 54.6 Å². The third-order valence-corrected chi connectivity index (χ3v) is 5.60. The fraction of sp³-hybridized carbons (Fsp3) is 0.280. The summed E-state index contributed by atoms with van der Waals surface area (Å²) in [5.74, 6) is 0.521. The second-order valence-electron chi connectivity index (χ2n) is 7.83. The first-order valence-corrected chi connectivity index (χ1v) is 10.6. The van der Waals surface area contributed by atoms with Gasteiger partial charge in [-0.05, 0) is 23.8 Å². The molecule has 3 aromatic rings. The van der Waals surface area contributed by atoms with E-state index in [0.29, 0.717) is 19.7 Å². The molecule has 0 saturated carbocycles. The Labute approximate surface area is 183 Å². The zero-order valence-corrected chi connectivity index (χ0v) is 17.6. The quantitative estimate of drug-likeness (QED) is 0.611. The summed E-state index contributed by atoms with van der Waals surface area (Å²) in [6.07, 6.45) is 1.76. The van der Waals surface area contributed by atoms with Crippen LogP contribution in [0.4, 0.5) is 0 Å². The predicted molar refractivity (Wildman–Crippen MR) is 120 cm³/mol. The number of ether oxygens (including phenoxy) is 1. The lowest BCUT2D eigenvalue weighted by atomic mass is 10.1. The summed E-state index contributed by atoms with van der Waals surface area (Å²) in [4.78, 5) is 21.0. The molecular formula is C25H28N4O2. The molecule has 1 saturated heterocycles. The predicted octanol–water partition coefficient (Wildman–Crippen LogP) is 2.83. The number of hydrogen-bond acceptors (Lipinski definition) is 5. The monoisotopic (exact) mass is 416 g/mol. The van der Waals surface area contributed by atoms with Crippen molar-refractivity contribution in [2.75, 3.05) is 19.6 Å². The average Bonchev–Trinajstić information content (AvgIpc) is 2.81. The van der Waals surface area contributed by atoms with Crippen LogP contribution in [0.3, 0.4) is 0 Å². The minimum absolute atomic E-state index is 0.287. The smallest absolute Gasteiger partial charge is 0.236 e. The highest BCUT2D eigenvalue weighted by Crippen LogP contribution is 2.23. The van der Waals surface area contributed by atoms with E-state index in [2.05, 4.69) is 26.9 Å². The molecule has 0 aliphatic carbocycles. The number of primary amides is 1. The van der Waals surface area contributed by atoms with Crippen molar-refractivity contribution in [3.05, 3.63) is 95.8 Å². The molecule has 0 unspecified atom stereocenters. The first-order chi connectivity index (χ1) is 15.2. The van der Waals surface area contributed by atoms with Crippen molar-refractivity contribution in [1.82, 2.24) is 14.8 Å². The number of carbonyl (C=O) groups is 1. The second-order valence-corrected chi connectivity index (χ2v) is 7.83. The van der Waals surface area contributed by atoms with Crippen LogP contribution < -0.4 is 10.5 Å². The Hall–Kier alpha value is -3.22. The van der Waals surface area contributed by atoms with Gasteiger partial charge >= 0.3 is 0 Å². The fourth-order valence-corrected chi connectivity index (χ4v) is 3.95. The Morgan fingerprint density at radius 1 is 0.968 bits per heavy atom. The third-order valence-electron chi connectivity index (χ3n) is 5.60. The van der Waals surface area contributed by atoms with Gasteiger partial charge in [0.25, 0.3) is 0 Å². The lowest BCUT2D eigenvalue weighted by molar-refractivity contribution is -0.126. The molecule has 1 aliphatic rings. The first-order valence-electron chi connectivity index (χ1n) is 10.6. The number of nitrogens with zero attached hydrogens (tertiary/aromatic N) is 3. The van der Waals surface area contributed by atoms with Crippen molar-refractivity contribution in [1.29, 1.82) is 0 Å². The van der Waals surface area contributed by atoms with E-state index in [0.717, 1.165) is 36.6 Å². The summed E-state index contributed by atoms with van der Waals surface area (Å²) in [6.45, 7) is 4.13. The van der Waals surface area contributed by atoms with Crippen molar-refractivity contribution >= 4 is 5.91 Å². The van der Waals surface area contributed by atoms with Crippen LogP contribution >= 0.6 is 0 Å². The van der Waals surface area contributed by atoms with E-state index < -0.39 is 0 Å². The summed E-state index contributed by atoms with van der Waals surface area (Å²) in [5, 5.41) is 0. The van der Waals surface area contributed by atoms with Crippen molar-refractivity contribution < 1.29 is 9.53 Å². The molecule has 0 radical (unpaired) electrons. The molecule has 160 valence electrons. The number of pyridine rings is 1. The van der Waals surface area contributed by atoms with Gasteiger partial charge in [-0.25, -0.2) is 0 Å². The first kappa shape index (κ1) is 21.0. The van der Waals surface area contributed by atoms with Crippen LogP contribution in [0.25, 0.3) is 0 Å². The Morgan fingerprint density at radius 3 is 2.52 bits per heavy atom. The number of piperazine rings is 1. The van der Waals surface area contributed by atoms with Gasteiger partial charge in [-0.3, -0.25) is 19.6 Å². The molecule has 2 N–H and O–H groups in total. The van der Waals surface area contributed by atoms with Crippen LogP contribution in [0.5, 0.6) is 5.75 Å². The van der Waals surface area contributed by atoms with E-state index in [-0.39, 0.29) is 11.9 Å².